The fraction of sp³-hybridized carbons (Fsp3) is 0.211. The molecule has 2 aliphatic heterocycles. The summed E-state index contributed by atoms with van der Waals surface area (Å²) in [5.74, 6) is 1.54. The van der Waals surface area contributed by atoms with E-state index < -0.39 is 5.63 Å². The summed E-state index contributed by atoms with van der Waals surface area (Å²) in [5.41, 5.74) is 2.25. The van der Waals surface area contributed by atoms with Crippen molar-refractivity contribution in [1.29, 1.82) is 0 Å². The van der Waals surface area contributed by atoms with Crippen molar-refractivity contribution in [2.24, 2.45) is 0 Å². The molecule has 0 saturated carbocycles. The van der Waals surface area contributed by atoms with E-state index in [9.17, 15) is 4.79 Å². The molecule has 114 valence electrons. The van der Waals surface area contributed by atoms with E-state index in [0.717, 1.165) is 22.3 Å². The Hall–Kier alpha value is -2.75. The van der Waals surface area contributed by atoms with Gasteiger partial charge in [0.05, 0.1) is 13.2 Å². The van der Waals surface area contributed by atoms with Crippen LogP contribution in [-0.4, -0.2) is 13.2 Å². The van der Waals surface area contributed by atoms with Gasteiger partial charge in [-0.15, -0.1) is 0 Å². The number of rotatable bonds is 0. The number of para-hydroxylation sites is 2. The lowest BCUT2D eigenvalue weighted by atomic mass is 9.78. The van der Waals surface area contributed by atoms with E-state index in [1.54, 1.807) is 0 Å². The maximum Gasteiger partial charge on any atom is 0.379 e. The highest BCUT2D eigenvalue weighted by Crippen LogP contribution is 2.48. The molecule has 2 aromatic carbocycles. The zero-order valence-electron chi connectivity index (χ0n) is 12.3. The minimum atomic E-state index is -0.406. The lowest BCUT2D eigenvalue weighted by molar-refractivity contribution is 0.165. The van der Waals surface area contributed by atoms with Crippen molar-refractivity contribution in [2.75, 3.05) is 13.2 Å². The zero-order valence-corrected chi connectivity index (χ0v) is 12.3. The topological polar surface area (TPSA) is 48.7 Å². The molecule has 0 amide bonds. The summed E-state index contributed by atoms with van der Waals surface area (Å²) >= 11 is 0. The molecule has 2 atom stereocenters. The van der Waals surface area contributed by atoms with Crippen LogP contribution >= 0.6 is 0 Å². The molecule has 4 nitrogen and oxygen atoms in total. The molecule has 3 aromatic rings. The van der Waals surface area contributed by atoms with Crippen molar-refractivity contribution < 1.29 is 13.9 Å². The van der Waals surface area contributed by atoms with E-state index in [1.807, 2.05) is 42.5 Å². The van der Waals surface area contributed by atoms with Crippen LogP contribution in [0.5, 0.6) is 11.5 Å². The first kappa shape index (κ1) is 12.8. The molecule has 2 aliphatic rings. The van der Waals surface area contributed by atoms with E-state index in [4.69, 9.17) is 13.9 Å². The van der Waals surface area contributed by atoms with Crippen LogP contribution in [-0.2, 0) is 0 Å². The molecule has 0 spiro atoms. The number of benzene rings is 2. The summed E-state index contributed by atoms with van der Waals surface area (Å²) in [7, 11) is 0. The summed E-state index contributed by atoms with van der Waals surface area (Å²) in [6.07, 6.45) is 0. The molecule has 23 heavy (non-hydrogen) atoms. The van der Waals surface area contributed by atoms with Gasteiger partial charge in [0, 0.05) is 28.3 Å². The van der Waals surface area contributed by atoms with Gasteiger partial charge in [0.2, 0.25) is 5.75 Å². The second-order valence-electron chi connectivity index (χ2n) is 6.00. The predicted molar refractivity (Wildman–Crippen MR) is 85.4 cm³/mol. The molecule has 0 saturated heterocycles. The molecule has 3 heterocycles. The molecule has 0 unspecified atom stereocenters. The van der Waals surface area contributed by atoms with Gasteiger partial charge in [-0.05, 0) is 12.1 Å². The van der Waals surface area contributed by atoms with Gasteiger partial charge < -0.3 is 13.9 Å². The van der Waals surface area contributed by atoms with Crippen LogP contribution in [0.4, 0.5) is 0 Å². The van der Waals surface area contributed by atoms with Gasteiger partial charge in [-0.25, -0.2) is 4.79 Å². The second kappa shape index (κ2) is 4.62. The van der Waals surface area contributed by atoms with E-state index in [-0.39, 0.29) is 11.8 Å². The van der Waals surface area contributed by atoms with Gasteiger partial charge >= 0.3 is 5.63 Å². The Morgan fingerprint density at radius 3 is 2.61 bits per heavy atom. The van der Waals surface area contributed by atoms with Crippen LogP contribution in [0.1, 0.15) is 23.0 Å². The van der Waals surface area contributed by atoms with Crippen LogP contribution in [0.3, 0.4) is 0 Å². The smallest absolute Gasteiger partial charge is 0.379 e. The third kappa shape index (κ3) is 1.75. The minimum absolute atomic E-state index is 0.0997. The summed E-state index contributed by atoms with van der Waals surface area (Å²) in [5, 5.41) is 0.930. The van der Waals surface area contributed by atoms with Crippen LogP contribution in [0.2, 0.25) is 0 Å². The molecule has 0 N–H and O–H groups in total. The normalized spacial score (nSPS) is 21.6. The lowest BCUT2D eigenvalue weighted by Gasteiger charge is -2.37. The van der Waals surface area contributed by atoms with Gasteiger partial charge in [0.25, 0.3) is 0 Å². The van der Waals surface area contributed by atoms with Gasteiger partial charge in [0.15, 0.2) is 0 Å². The Morgan fingerprint density at radius 1 is 0.870 bits per heavy atom. The largest absolute Gasteiger partial charge is 0.493 e. The molecular formula is C19H14O4. The Kier molecular flexibility index (Phi) is 2.56. The van der Waals surface area contributed by atoms with Crippen molar-refractivity contribution in [3.63, 3.8) is 0 Å². The molecule has 4 heteroatoms. The number of fused-ring (bicyclic) bond motifs is 7. The van der Waals surface area contributed by atoms with Crippen molar-refractivity contribution in [2.45, 2.75) is 11.8 Å². The Labute approximate surface area is 132 Å². The highest BCUT2D eigenvalue weighted by molar-refractivity contribution is 5.83. The van der Waals surface area contributed by atoms with E-state index in [0.29, 0.717) is 24.5 Å². The van der Waals surface area contributed by atoms with Gasteiger partial charge in [0.1, 0.15) is 11.3 Å². The summed E-state index contributed by atoms with van der Waals surface area (Å²) in [6, 6.07) is 15.7. The molecule has 1 aromatic heterocycles. The van der Waals surface area contributed by atoms with E-state index in [1.165, 1.54) is 0 Å². The average Bonchev–Trinajstić information content (AvgIpc) is 2.61. The number of ether oxygens (including phenoxy) is 2. The summed E-state index contributed by atoms with van der Waals surface area (Å²) in [4.78, 5) is 12.3. The third-order valence-corrected chi connectivity index (χ3v) is 4.81. The first-order valence-electron chi connectivity index (χ1n) is 7.73. The van der Waals surface area contributed by atoms with Crippen molar-refractivity contribution in [3.8, 4) is 11.5 Å². The van der Waals surface area contributed by atoms with Gasteiger partial charge in [-0.3, -0.25) is 0 Å². The van der Waals surface area contributed by atoms with Crippen molar-refractivity contribution in [3.05, 3.63) is 70.1 Å². The van der Waals surface area contributed by atoms with Gasteiger partial charge in [-0.2, -0.15) is 0 Å². The molecule has 0 aliphatic carbocycles. The Morgan fingerprint density at radius 2 is 1.65 bits per heavy atom. The van der Waals surface area contributed by atoms with Crippen LogP contribution in [0.15, 0.2) is 57.7 Å². The molecule has 0 fully saturated rings. The van der Waals surface area contributed by atoms with Gasteiger partial charge in [-0.1, -0.05) is 36.4 Å². The molecule has 0 radical (unpaired) electrons. The number of hydrogen-bond acceptors (Lipinski definition) is 4. The van der Waals surface area contributed by atoms with E-state index >= 15 is 0 Å². The van der Waals surface area contributed by atoms with E-state index in [2.05, 4.69) is 6.07 Å². The lowest BCUT2D eigenvalue weighted by Crippen LogP contribution is -2.34. The molecular weight excluding hydrogens is 292 g/mol. The van der Waals surface area contributed by atoms with Crippen LogP contribution in [0, 0.1) is 0 Å². The molecule has 5 rings (SSSR count). The standard InChI is InChI=1S/C19H14O4/c20-19-18-17(12-6-2-4-8-16(12)23-19)14-10-21-15-7-3-1-5-11(15)13(14)9-22-18/h1-8,13-14H,9-10H2/t13-,14+/m0/s1. The van der Waals surface area contributed by atoms with Crippen LogP contribution in [0.25, 0.3) is 11.0 Å². The fourth-order valence-corrected chi connectivity index (χ4v) is 3.76. The molecule has 0 bridgehead atoms. The highest BCUT2D eigenvalue weighted by Gasteiger charge is 2.40. The highest BCUT2D eigenvalue weighted by atomic mass is 16.5. The second-order valence-corrected chi connectivity index (χ2v) is 6.00. The average molecular weight is 306 g/mol. The maximum atomic E-state index is 12.3. The van der Waals surface area contributed by atoms with Crippen molar-refractivity contribution >= 4 is 11.0 Å². The fourth-order valence-electron chi connectivity index (χ4n) is 3.76. The number of hydrogen-bond donors (Lipinski definition) is 0. The quantitative estimate of drug-likeness (QED) is 0.597. The third-order valence-electron chi connectivity index (χ3n) is 4.81. The summed E-state index contributed by atoms with van der Waals surface area (Å²) in [6.45, 7) is 1.02. The SMILES string of the molecule is O=c1oc2ccccc2c2c1OC[C@H]1c3ccccc3OC[C@@H]21. The van der Waals surface area contributed by atoms with Crippen LogP contribution < -0.4 is 15.1 Å². The first-order valence-corrected chi connectivity index (χ1v) is 7.73. The Balaban J connectivity index is 1.78. The van der Waals surface area contributed by atoms with Crippen molar-refractivity contribution in [1.82, 2.24) is 0 Å². The zero-order chi connectivity index (χ0) is 15.4. The maximum absolute atomic E-state index is 12.3. The Bertz CT molecular complexity index is 973. The minimum Gasteiger partial charge on any atom is -0.493 e. The first-order chi connectivity index (χ1) is 11.3. The summed E-state index contributed by atoms with van der Waals surface area (Å²) < 4.78 is 17.2. The predicted octanol–water partition coefficient (Wildman–Crippen LogP) is 3.45. The monoisotopic (exact) mass is 306 g/mol.